The summed E-state index contributed by atoms with van der Waals surface area (Å²) in [6.45, 7) is -0.0911. The summed E-state index contributed by atoms with van der Waals surface area (Å²) < 4.78 is 0. The second kappa shape index (κ2) is 4.20. The van der Waals surface area contributed by atoms with Crippen LogP contribution < -0.4 is 0 Å². The Bertz CT molecular complexity index is 306. The summed E-state index contributed by atoms with van der Waals surface area (Å²) in [4.78, 5) is 24.2. The summed E-state index contributed by atoms with van der Waals surface area (Å²) >= 11 is 0. The van der Waals surface area contributed by atoms with Gasteiger partial charge in [0.15, 0.2) is 0 Å². The van der Waals surface area contributed by atoms with Crippen molar-refractivity contribution in [1.29, 1.82) is 0 Å². The van der Waals surface area contributed by atoms with Crippen molar-refractivity contribution < 1.29 is 14.7 Å². The fraction of sp³-hybridized carbons (Fsp3) is 0.125. The topological polar surface area (TPSA) is 69.4 Å². The van der Waals surface area contributed by atoms with E-state index >= 15 is 0 Å². The molecule has 1 aromatic rings. The molecular formula is C8H7NO4. The van der Waals surface area contributed by atoms with Crippen molar-refractivity contribution in [2.24, 2.45) is 0 Å². The highest BCUT2D eigenvalue weighted by Crippen LogP contribution is 2.03. The lowest BCUT2D eigenvalue weighted by atomic mass is 10.2. The van der Waals surface area contributed by atoms with Gasteiger partial charge in [-0.25, -0.2) is 0 Å². The zero-order valence-corrected chi connectivity index (χ0v) is 6.67. The number of rotatable bonds is 4. The fourth-order valence-corrected chi connectivity index (χ4v) is 0.820. The second-order valence-corrected chi connectivity index (χ2v) is 2.36. The molecule has 0 N–H and O–H groups in total. The molecule has 13 heavy (non-hydrogen) atoms. The Morgan fingerprint density at radius 3 is 2.46 bits per heavy atom. The lowest BCUT2D eigenvalue weighted by Crippen LogP contribution is -2.00. The smallest absolute Gasteiger partial charge is 0.294 e. The van der Waals surface area contributed by atoms with Gasteiger partial charge in [-0.1, -0.05) is 24.3 Å². The first-order valence-corrected chi connectivity index (χ1v) is 3.54. The molecule has 0 fully saturated rings. The minimum Gasteiger partial charge on any atom is -0.309 e. The molecule has 68 valence electrons. The third-order valence-electron chi connectivity index (χ3n) is 1.45. The SMILES string of the molecule is O=Cc1ccc(CO[N+](=O)[O-])cc1. The van der Waals surface area contributed by atoms with E-state index < -0.39 is 5.09 Å². The maximum atomic E-state index is 10.2. The van der Waals surface area contributed by atoms with Crippen molar-refractivity contribution in [2.75, 3.05) is 0 Å². The van der Waals surface area contributed by atoms with Gasteiger partial charge in [-0.3, -0.25) is 4.79 Å². The molecular weight excluding hydrogens is 174 g/mol. The standard InChI is InChI=1S/C8H7NO4/c10-5-7-1-3-8(4-2-7)6-13-9(11)12/h1-5H,6H2. The zero-order valence-electron chi connectivity index (χ0n) is 6.67. The van der Waals surface area contributed by atoms with Crippen LogP contribution in [0.2, 0.25) is 0 Å². The van der Waals surface area contributed by atoms with E-state index in [1.807, 2.05) is 0 Å². The van der Waals surface area contributed by atoms with Crippen LogP contribution in [0.15, 0.2) is 24.3 Å². The van der Waals surface area contributed by atoms with Crippen molar-refractivity contribution in [2.45, 2.75) is 6.61 Å². The first kappa shape index (κ1) is 9.18. The van der Waals surface area contributed by atoms with Crippen LogP contribution >= 0.6 is 0 Å². The van der Waals surface area contributed by atoms with Crippen LogP contribution in [0, 0.1) is 10.1 Å². The van der Waals surface area contributed by atoms with Crippen molar-refractivity contribution in [3.8, 4) is 0 Å². The maximum Gasteiger partial charge on any atom is 0.294 e. The quantitative estimate of drug-likeness (QED) is 0.397. The van der Waals surface area contributed by atoms with Crippen LogP contribution in [0.3, 0.4) is 0 Å². The van der Waals surface area contributed by atoms with Crippen molar-refractivity contribution in [1.82, 2.24) is 0 Å². The molecule has 1 aromatic carbocycles. The van der Waals surface area contributed by atoms with Gasteiger partial charge in [0.05, 0.1) is 0 Å². The summed E-state index contributed by atoms with van der Waals surface area (Å²) in [7, 11) is 0. The van der Waals surface area contributed by atoms with E-state index in [4.69, 9.17) is 0 Å². The van der Waals surface area contributed by atoms with E-state index in [2.05, 4.69) is 4.84 Å². The Morgan fingerprint density at radius 2 is 2.00 bits per heavy atom. The van der Waals surface area contributed by atoms with E-state index in [1.54, 1.807) is 24.3 Å². The summed E-state index contributed by atoms with van der Waals surface area (Å²) in [5.41, 5.74) is 1.19. The third-order valence-corrected chi connectivity index (χ3v) is 1.45. The fourth-order valence-electron chi connectivity index (χ4n) is 0.820. The molecule has 0 saturated heterocycles. The number of hydrogen-bond acceptors (Lipinski definition) is 4. The highest BCUT2D eigenvalue weighted by Gasteiger charge is 1.97. The van der Waals surface area contributed by atoms with E-state index in [0.29, 0.717) is 17.4 Å². The lowest BCUT2D eigenvalue weighted by molar-refractivity contribution is -0.763. The van der Waals surface area contributed by atoms with Gasteiger partial charge >= 0.3 is 0 Å². The first-order valence-electron chi connectivity index (χ1n) is 3.54. The molecule has 0 spiro atoms. The molecule has 0 bridgehead atoms. The molecule has 0 amide bonds. The van der Waals surface area contributed by atoms with Gasteiger partial charge in [0.2, 0.25) is 0 Å². The summed E-state index contributed by atoms with van der Waals surface area (Å²) in [6, 6.07) is 6.36. The van der Waals surface area contributed by atoms with Crippen LogP contribution in [-0.2, 0) is 11.4 Å². The summed E-state index contributed by atoms with van der Waals surface area (Å²) in [6.07, 6.45) is 0.706. The lowest BCUT2D eigenvalue weighted by Gasteiger charge is -1.98. The van der Waals surface area contributed by atoms with E-state index in [9.17, 15) is 14.9 Å². The highest BCUT2D eigenvalue weighted by molar-refractivity contribution is 5.74. The van der Waals surface area contributed by atoms with Crippen LogP contribution in [-0.4, -0.2) is 11.4 Å². The van der Waals surface area contributed by atoms with Crippen LogP contribution in [0.4, 0.5) is 0 Å². The van der Waals surface area contributed by atoms with Gasteiger partial charge in [0, 0.05) is 5.56 Å². The van der Waals surface area contributed by atoms with Gasteiger partial charge in [-0.2, -0.15) is 0 Å². The number of aldehydes is 1. The average Bonchev–Trinajstić information content (AvgIpc) is 2.15. The Hall–Kier alpha value is -1.91. The van der Waals surface area contributed by atoms with E-state index in [1.165, 1.54) is 0 Å². The minimum absolute atomic E-state index is 0.0911. The van der Waals surface area contributed by atoms with Crippen molar-refractivity contribution >= 4 is 6.29 Å². The van der Waals surface area contributed by atoms with Gasteiger partial charge in [-0.15, -0.1) is 10.1 Å². The van der Waals surface area contributed by atoms with E-state index in [0.717, 1.165) is 0 Å². The molecule has 5 nitrogen and oxygen atoms in total. The third kappa shape index (κ3) is 2.90. The van der Waals surface area contributed by atoms with E-state index in [-0.39, 0.29) is 6.61 Å². The number of nitrogens with zero attached hydrogens (tertiary/aromatic N) is 1. The number of carbonyl (C=O) groups excluding carboxylic acids is 1. The largest absolute Gasteiger partial charge is 0.309 e. The van der Waals surface area contributed by atoms with Crippen LogP contribution in [0.25, 0.3) is 0 Å². The van der Waals surface area contributed by atoms with Crippen molar-refractivity contribution in [3.63, 3.8) is 0 Å². The monoisotopic (exact) mass is 181 g/mol. The molecule has 0 radical (unpaired) electrons. The highest BCUT2D eigenvalue weighted by atomic mass is 16.9. The van der Waals surface area contributed by atoms with Gasteiger partial charge in [0.25, 0.3) is 5.09 Å². The van der Waals surface area contributed by atoms with Crippen LogP contribution in [0.5, 0.6) is 0 Å². The molecule has 0 saturated carbocycles. The Kier molecular flexibility index (Phi) is 2.97. The number of carbonyl (C=O) groups is 1. The maximum absolute atomic E-state index is 10.2. The molecule has 1 rings (SSSR count). The molecule has 0 aliphatic heterocycles. The Morgan fingerprint density at radius 1 is 1.38 bits per heavy atom. The summed E-state index contributed by atoms with van der Waals surface area (Å²) in [5.74, 6) is 0. The minimum atomic E-state index is -0.854. The molecule has 0 aromatic heterocycles. The number of hydrogen-bond donors (Lipinski definition) is 0. The molecule has 0 unspecified atom stereocenters. The Labute approximate surface area is 74.0 Å². The van der Waals surface area contributed by atoms with Gasteiger partial charge in [-0.05, 0) is 5.56 Å². The number of benzene rings is 1. The molecule has 0 aliphatic rings. The second-order valence-electron chi connectivity index (χ2n) is 2.36. The van der Waals surface area contributed by atoms with Gasteiger partial charge in [0.1, 0.15) is 12.9 Å². The molecule has 5 heteroatoms. The molecule has 0 heterocycles. The zero-order chi connectivity index (χ0) is 9.68. The first-order chi connectivity index (χ1) is 6.22. The normalized spacial score (nSPS) is 9.23. The predicted molar refractivity (Wildman–Crippen MR) is 43.6 cm³/mol. The van der Waals surface area contributed by atoms with Crippen LogP contribution in [0.1, 0.15) is 15.9 Å². The average molecular weight is 181 g/mol. The predicted octanol–water partition coefficient (Wildman–Crippen LogP) is 1.21. The molecule has 0 aliphatic carbocycles. The Balaban J connectivity index is 2.59. The summed E-state index contributed by atoms with van der Waals surface area (Å²) in [5, 5.41) is 8.97. The van der Waals surface area contributed by atoms with Gasteiger partial charge < -0.3 is 4.84 Å². The molecule has 0 atom stereocenters. The van der Waals surface area contributed by atoms with Crippen molar-refractivity contribution in [3.05, 3.63) is 45.5 Å².